The SMILES string of the molecule is CC(C)Cc1noc(COC(=O)c2ccc(S(=O)(=O)NC(C)(C)C)cc2)n1. The summed E-state index contributed by atoms with van der Waals surface area (Å²) >= 11 is 0. The molecule has 0 unspecified atom stereocenters. The Morgan fingerprint density at radius 3 is 2.41 bits per heavy atom. The fourth-order valence-corrected chi connectivity index (χ4v) is 3.66. The van der Waals surface area contributed by atoms with E-state index in [9.17, 15) is 13.2 Å². The van der Waals surface area contributed by atoms with Crippen LogP contribution < -0.4 is 4.72 Å². The van der Waals surface area contributed by atoms with Gasteiger partial charge in [0.2, 0.25) is 10.0 Å². The minimum absolute atomic E-state index is 0.0733. The van der Waals surface area contributed by atoms with Crippen molar-refractivity contribution >= 4 is 16.0 Å². The molecule has 0 radical (unpaired) electrons. The van der Waals surface area contributed by atoms with Gasteiger partial charge in [-0.05, 0) is 51.0 Å². The Kier molecular flexibility index (Phi) is 6.38. The molecule has 2 rings (SSSR count). The van der Waals surface area contributed by atoms with Gasteiger partial charge in [-0.15, -0.1) is 0 Å². The Morgan fingerprint density at radius 1 is 1.22 bits per heavy atom. The molecule has 0 spiro atoms. The Labute approximate surface area is 159 Å². The van der Waals surface area contributed by atoms with Crippen LogP contribution >= 0.6 is 0 Å². The van der Waals surface area contributed by atoms with Gasteiger partial charge in [0, 0.05) is 12.0 Å². The summed E-state index contributed by atoms with van der Waals surface area (Å²) in [6, 6.07) is 5.52. The smallest absolute Gasteiger partial charge is 0.338 e. The minimum atomic E-state index is -3.66. The predicted octanol–water partition coefficient (Wildman–Crippen LogP) is 2.70. The Balaban J connectivity index is 1.98. The van der Waals surface area contributed by atoms with Crippen LogP contribution in [0.4, 0.5) is 0 Å². The van der Waals surface area contributed by atoms with Crippen molar-refractivity contribution < 1.29 is 22.5 Å². The largest absolute Gasteiger partial charge is 0.452 e. The van der Waals surface area contributed by atoms with E-state index in [1.54, 1.807) is 20.8 Å². The van der Waals surface area contributed by atoms with Crippen LogP contribution in [-0.2, 0) is 27.8 Å². The predicted molar refractivity (Wildman–Crippen MR) is 98.5 cm³/mol. The van der Waals surface area contributed by atoms with E-state index in [2.05, 4.69) is 14.9 Å². The molecule has 2 aromatic rings. The average Bonchev–Trinajstić information content (AvgIpc) is 2.97. The lowest BCUT2D eigenvalue weighted by Gasteiger charge is -2.20. The summed E-state index contributed by atoms with van der Waals surface area (Å²) in [5, 5.41) is 3.82. The Morgan fingerprint density at radius 2 is 1.85 bits per heavy atom. The highest BCUT2D eigenvalue weighted by atomic mass is 32.2. The number of sulfonamides is 1. The molecule has 1 heterocycles. The molecule has 0 bridgehead atoms. The van der Waals surface area contributed by atoms with Crippen molar-refractivity contribution in [3.63, 3.8) is 0 Å². The number of aromatic nitrogens is 2. The number of esters is 1. The molecule has 9 heteroatoms. The highest BCUT2D eigenvalue weighted by molar-refractivity contribution is 7.89. The quantitative estimate of drug-likeness (QED) is 0.717. The summed E-state index contributed by atoms with van der Waals surface area (Å²) in [5.74, 6) is 0.566. The molecule has 0 amide bonds. The van der Waals surface area contributed by atoms with Gasteiger partial charge in [0.1, 0.15) is 0 Å². The van der Waals surface area contributed by atoms with E-state index >= 15 is 0 Å². The van der Waals surface area contributed by atoms with E-state index in [1.807, 2.05) is 13.8 Å². The molecule has 0 fully saturated rings. The molecule has 0 saturated carbocycles. The fourth-order valence-electron chi connectivity index (χ4n) is 2.24. The lowest BCUT2D eigenvalue weighted by atomic mass is 10.1. The fraction of sp³-hybridized carbons (Fsp3) is 0.500. The highest BCUT2D eigenvalue weighted by Crippen LogP contribution is 2.15. The summed E-state index contributed by atoms with van der Waals surface area (Å²) in [6.45, 7) is 9.19. The number of hydrogen-bond acceptors (Lipinski definition) is 7. The van der Waals surface area contributed by atoms with Gasteiger partial charge < -0.3 is 9.26 Å². The first-order valence-electron chi connectivity index (χ1n) is 8.59. The second-order valence-corrected chi connectivity index (χ2v) is 9.34. The van der Waals surface area contributed by atoms with E-state index < -0.39 is 21.5 Å². The van der Waals surface area contributed by atoms with Crippen LogP contribution in [0.25, 0.3) is 0 Å². The van der Waals surface area contributed by atoms with Crippen molar-refractivity contribution in [3.8, 4) is 0 Å². The zero-order valence-corrected chi connectivity index (χ0v) is 17.0. The van der Waals surface area contributed by atoms with Gasteiger partial charge in [0.15, 0.2) is 12.4 Å². The zero-order valence-electron chi connectivity index (χ0n) is 16.1. The number of nitrogens with zero attached hydrogens (tertiary/aromatic N) is 2. The summed E-state index contributed by atoms with van der Waals surface area (Å²) in [6.07, 6.45) is 0.677. The van der Waals surface area contributed by atoms with Crippen molar-refractivity contribution in [1.29, 1.82) is 0 Å². The van der Waals surface area contributed by atoms with Crippen molar-refractivity contribution in [2.75, 3.05) is 0 Å². The number of carbonyl (C=O) groups is 1. The molecule has 0 aliphatic carbocycles. The van der Waals surface area contributed by atoms with Gasteiger partial charge in [-0.2, -0.15) is 4.98 Å². The van der Waals surface area contributed by atoms with Crippen molar-refractivity contribution in [2.24, 2.45) is 5.92 Å². The van der Waals surface area contributed by atoms with Gasteiger partial charge in [0.05, 0.1) is 10.5 Å². The number of nitrogens with one attached hydrogen (secondary N) is 1. The third-order valence-corrected chi connectivity index (χ3v) is 5.04. The maximum Gasteiger partial charge on any atom is 0.338 e. The summed E-state index contributed by atoms with van der Waals surface area (Å²) in [7, 11) is -3.66. The Bertz CT molecular complexity index is 880. The second-order valence-electron chi connectivity index (χ2n) is 7.66. The lowest BCUT2D eigenvalue weighted by Crippen LogP contribution is -2.40. The maximum atomic E-state index is 12.3. The van der Waals surface area contributed by atoms with E-state index in [-0.39, 0.29) is 23.0 Å². The molecule has 1 aromatic carbocycles. The number of benzene rings is 1. The standard InChI is InChI=1S/C18H25N3O5S/c1-12(2)10-15-19-16(26-20-15)11-25-17(22)13-6-8-14(9-7-13)27(23,24)21-18(3,4)5/h6-9,12,21H,10-11H2,1-5H3. The molecule has 0 aliphatic rings. The van der Waals surface area contributed by atoms with Crippen molar-refractivity contribution in [1.82, 2.24) is 14.9 Å². The molecule has 0 aliphatic heterocycles. The van der Waals surface area contributed by atoms with Gasteiger partial charge in [-0.25, -0.2) is 17.9 Å². The first-order valence-corrected chi connectivity index (χ1v) is 10.1. The van der Waals surface area contributed by atoms with Crippen molar-refractivity contribution in [2.45, 2.75) is 58.1 Å². The van der Waals surface area contributed by atoms with Gasteiger partial charge >= 0.3 is 5.97 Å². The van der Waals surface area contributed by atoms with E-state index in [0.29, 0.717) is 18.2 Å². The van der Waals surface area contributed by atoms with Crippen LogP contribution in [0, 0.1) is 5.92 Å². The molecular weight excluding hydrogens is 370 g/mol. The molecule has 1 aromatic heterocycles. The van der Waals surface area contributed by atoms with E-state index in [1.165, 1.54) is 24.3 Å². The maximum absolute atomic E-state index is 12.3. The molecule has 8 nitrogen and oxygen atoms in total. The molecule has 27 heavy (non-hydrogen) atoms. The minimum Gasteiger partial charge on any atom is -0.452 e. The average molecular weight is 395 g/mol. The zero-order chi connectivity index (χ0) is 20.2. The van der Waals surface area contributed by atoms with Gasteiger partial charge in [-0.1, -0.05) is 19.0 Å². The molecule has 148 valence electrons. The third-order valence-electron chi connectivity index (χ3n) is 3.27. The topological polar surface area (TPSA) is 111 Å². The lowest BCUT2D eigenvalue weighted by molar-refractivity contribution is 0.0429. The number of rotatable bonds is 7. The summed E-state index contributed by atoms with van der Waals surface area (Å²) in [5.41, 5.74) is -0.374. The van der Waals surface area contributed by atoms with E-state index in [0.717, 1.165) is 0 Å². The number of hydrogen-bond donors (Lipinski definition) is 1. The first-order chi connectivity index (χ1) is 12.5. The number of carbonyl (C=O) groups excluding carboxylic acids is 1. The monoisotopic (exact) mass is 395 g/mol. The van der Waals surface area contributed by atoms with Crippen LogP contribution in [0.2, 0.25) is 0 Å². The van der Waals surface area contributed by atoms with Crippen LogP contribution in [0.1, 0.15) is 56.7 Å². The molecule has 1 N–H and O–H groups in total. The molecular formula is C18H25N3O5S. The van der Waals surface area contributed by atoms with Crippen LogP contribution in [0.5, 0.6) is 0 Å². The Hall–Kier alpha value is -2.26. The normalized spacial score (nSPS) is 12.4. The first kappa shape index (κ1) is 21.0. The second kappa shape index (κ2) is 8.18. The number of ether oxygens (including phenoxy) is 1. The van der Waals surface area contributed by atoms with Gasteiger partial charge in [0.25, 0.3) is 5.89 Å². The molecule has 0 atom stereocenters. The van der Waals surface area contributed by atoms with Crippen molar-refractivity contribution in [3.05, 3.63) is 41.5 Å². The summed E-state index contributed by atoms with van der Waals surface area (Å²) in [4.78, 5) is 16.3. The van der Waals surface area contributed by atoms with Crippen LogP contribution in [-0.4, -0.2) is 30.1 Å². The van der Waals surface area contributed by atoms with Gasteiger partial charge in [-0.3, -0.25) is 0 Å². The highest BCUT2D eigenvalue weighted by Gasteiger charge is 2.22. The van der Waals surface area contributed by atoms with E-state index in [4.69, 9.17) is 9.26 Å². The summed E-state index contributed by atoms with van der Waals surface area (Å²) < 4.78 is 37.3. The van der Waals surface area contributed by atoms with Crippen LogP contribution in [0.15, 0.2) is 33.7 Å². The molecule has 0 saturated heterocycles. The third kappa shape index (κ3) is 6.44. The van der Waals surface area contributed by atoms with Crippen LogP contribution in [0.3, 0.4) is 0 Å².